The molecule has 0 saturated heterocycles. The lowest BCUT2D eigenvalue weighted by molar-refractivity contribution is 0.0591. The summed E-state index contributed by atoms with van der Waals surface area (Å²) in [5.74, 6) is -1.45. The van der Waals surface area contributed by atoms with E-state index in [-0.39, 0.29) is 38.9 Å². The van der Waals surface area contributed by atoms with Crippen molar-refractivity contribution in [2.24, 2.45) is 14.1 Å². The number of hydrogen-bond acceptors (Lipinski definition) is 7. The molecule has 0 amide bonds. The van der Waals surface area contributed by atoms with E-state index in [1.54, 1.807) is 26.0 Å². The number of esters is 2. The zero-order valence-electron chi connectivity index (χ0n) is 20.4. The van der Waals surface area contributed by atoms with Crippen molar-refractivity contribution >= 4 is 57.6 Å². The fourth-order valence-corrected chi connectivity index (χ4v) is 3.82. The van der Waals surface area contributed by atoms with E-state index in [1.807, 2.05) is 22.6 Å². The van der Waals surface area contributed by atoms with Crippen molar-refractivity contribution in [2.75, 3.05) is 19.5 Å². The SMILES string of the molecule is COC(=O)c1cc(C)c(=O)n(C)c1Cl.COC(=O)c1cc(C)c(=O)n(C)c1Nc1ccc(I)cc1F. The molecule has 9 nitrogen and oxygen atoms in total. The van der Waals surface area contributed by atoms with Gasteiger partial charge < -0.3 is 19.4 Å². The van der Waals surface area contributed by atoms with Gasteiger partial charge in [0.25, 0.3) is 11.1 Å². The fourth-order valence-electron chi connectivity index (χ4n) is 3.15. The Morgan fingerprint density at radius 2 is 1.42 bits per heavy atom. The Hall–Kier alpha value is -3.19. The molecule has 12 heteroatoms. The smallest absolute Gasteiger partial charge is 0.341 e. The third-order valence-electron chi connectivity index (χ3n) is 5.11. The number of carbonyl (C=O) groups is 2. The molecule has 0 radical (unpaired) electrons. The quantitative estimate of drug-likeness (QED) is 0.262. The third-order valence-corrected chi connectivity index (χ3v) is 6.24. The second kappa shape index (κ2) is 12.2. The summed E-state index contributed by atoms with van der Waals surface area (Å²) in [5, 5.41) is 2.89. The molecule has 0 atom stereocenters. The van der Waals surface area contributed by atoms with Gasteiger partial charge in [0.1, 0.15) is 22.4 Å². The maximum absolute atomic E-state index is 14.0. The van der Waals surface area contributed by atoms with E-state index in [1.165, 1.54) is 55.6 Å². The van der Waals surface area contributed by atoms with E-state index in [9.17, 15) is 23.6 Å². The van der Waals surface area contributed by atoms with Crippen LogP contribution in [0, 0.1) is 23.2 Å². The molecule has 0 spiro atoms. The number of carbonyl (C=O) groups excluding carboxylic acids is 2. The van der Waals surface area contributed by atoms with Crippen LogP contribution >= 0.6 is 34.2 Å². The lowest BCUT2D eigenvalue weighted by atomic mass is 10.2. The molecule has 0 fully saturated rings. The minimum absolute atomic E-state index is 0.0902. The predicted molar refractivity (Wildman–Crippen MR) is 143 cm³/mol. The highest BCUT2D eigenvalue weighted by Crippen LogP contribution is 2.24. The van der Waals surface area contributed by atoms with Gasteiger partial charge in [0.2, 0.25) is 0 Å². The molecule has 1 aromatic carbocycles. The molecule has 0 saturated carbocycles. The van der Waals surface area contributed by atoms with Gasteiger partial charge in [-0.1, -0.05) is 11.6 Å². The molecular weight excluding hydrogens is 608 g/mol. The van der Waals surface area contributed by atoms with E-state index in [4.69, 9.17) is 16.3 Å². The normalized spacial score (nSPS) is 10.2. The standard InChI is InChI=1S/C15H14FIN2O3.C9H10ClNO3/c1-8-6-10(15(21)22-3)13(19(2)14(8)20)18-12-5-4-9(17)7-11(12)16;1-5-4-6(9(13)14-3)7(10)11(2)8(5)12/h4-7,18H,1-3H3;4H,1-3H3. The number of aryl methyl sites for hydroxylation is 2. The molecule has 0 unspecified atom stereocenters. The molecule has 0 bridgehead atoms. The van der Waals surface area contributed by atoms with Crippen molar-refractivity contribution in [3.05, 3.63) is 87.8 Å². The number of nitrogens with one attached hydrogen (secondary N) is 1. The number of aromatic nitrogens is 2. The molecule has 0 aliphatic carbocycles. The molecule has 36 heavy (non-hydrogen) atoms. The molecule has 1 N–H and O–H groups in total. The Balaban J connectivity index is 0.000000281. The summed E-state index contributed by atoms with van der Waals surface area (Å²) >= 11 is 7.80. The van der Waals surface area contributed by atoms with E-state index >= 15 is 0 Å². The van der Waals surface area contributed by atoms with E-state index in [0.717, 1.165) is 3.57 Å². The average molecular weight is 632 g/mol. The Labute approximate surface area is 224 Å². The first-order valence-corrected chi connectivity index (χ1v) is 11.7. The van der Waals surface area contributed by atoms with Crippen LogP contribution in [0.5, 0.6) is 0 Å². The van der Waals surface area contributed by atoms with Crippen LogP contribution in [0.15, 0.2) is 39.9 Å². The van der Waals surface area contributed by atoms with Gasteiger partial charge in [0, 0.05) is 28.8 Å². The maximum Gasteiger partial charge on any atom is 0.341 e. The second-order valence-corrected chi connectivity index (χ2v) is 9.19. The number of halogens is 3. The molecule has 3 aromatic rings. The van der Waals surface area contributed by atoms with Gasteiger partial charge in [0.15, 0.2) is 0 Å². The lowest BCUT2D eigenvalue weighted by Crippen LogP contribution is -2.25. The Kier molecular flexibility index (Phi) is 9.82. The van der Waals surface area contributed by atoms with Gasteiger partial charge >= 0.3 is 11.9 Å². The molecule has 3 rings (SSSR count). The maximum atomic E-state index is 14.0. The molecule has 0 aliphatic rings. The molecule has 2 aromatic heterocycles. The van der Waals surface area contributed by atoms with Gasteiger partial charge in [-0.2, -0.15) is 0 Å². The highest BCUT2D eigenvalue weighted by Gasteiger charge is 2.19. The summed E-state index contributed by atoms with van der Waals surface area (Å²) in [6.07, 6.45) is 0. The summed E-state index contributed by atoms with van der Waals surface area (Å²) in [5.41, 5.74) is 0.899. The Bertz CT molecular complexity index is 1450. The van der Waals surface area contributed by atoms with Crippen molar-refractivity contribution in [3.8, 4) is 0 Å². The van der Waals surface area contributed by atoms with E-state index in [0.29, 0.717) is 11.1 Å². The van der Waals surface area contributed by atoms with Crippen LogP contribution in [0.1, 0.15) is 31.8 Å². The van der Waals surface area contributed by atoms with Gasteiger partial charge in [0.05, 0.1) is 25.5 Å². The second-order valence-electron chi connectivity index (χ2n) is 7.58. The summed E-state index contributed by atoms with van der Waals surface area (Å²) < 4.78 is 26.5. The summed E-state index contributed by atoms with van der Waals surface area (Å²) in [7, 11) is 5.52. The highest BCUT2D eigenvalue weighted by molar-refractivity contribution is 14.1. The van der Waals surface area contributed by atoms with Crippen LogP contribution in [-0.2, 0) is 23.6 Å². The number of rotatable bonds is 4. The number of hydrogen-bond donors (Lipinski definition) is 1. The summed E-state index contributed by atoms with van der Waals surface area (Å²) in [6, 6.07) is 7.48. The topological polar surface area (TPSA) is 109 Å². The van der Waals surface area contributed by atoms with Crippen LogP contribution in [0.25, 0.3) is 0 Å². The number of ether oxygens (including phenoxy) is 2. The minimum Gasteiger partial charge on any atom is -0.465 e. The summed E-state index contributed by atoms with van der Waals surface area (Å²) in [4.78, 5) is 46.6. The van der Waals surface area contributed by atoms with Crippen LogP contribution in [0.2, 0.25) is 5.15 Å². The third kappa shape index (κ3) is 6.32. The zero-order valence-corrected chi connectivity index (χ0v) is 23.3. The average Bonchev–Trinajstić information content (AvgIpc) is 2.85. The largest absolute Gasteiger partial charge is 0.465 e. The summed E-state index contributed by atoms with van der Waals surface area (Å²) in [6.45, 7) is 3.22. The highest BCUT2D eigenvalue weighted by atomic mass is 127. The van der Waals surface area contributed by atoms with E-state index < -0.39 is 17.8 Å². The van der Waals surface area contributed by atoms with Gasteiger partial charge in [-0.15, -0.1) is 0 Å². The number of methoxy groups -OCH3 is 2. The van der Waals surface area contributed by atoms with Crippen LogP contribution in [0.4, 0.5) is 15.9 Å². The Morgan fingerprint density at radius 1 is 0.917 bits per heavy atom. The molecule has 0 aliphatic heterocycles. The van der Waals surface area contributed by atoms with Crippen LogP contribution in [0.3, 0.4) is 0 Å². The first kappa shape index (κ1) is 29.0. The lowest BCUT2D eigenvalue weighted by Gasteiger charge is -2.16. The molecule has 2 heterocycles. The Morgan fingerprint density at radius 3 is 1.94 bits per heavy atom. The number of pyridine rings is 2. The number of nitrogens with zero attached hydrogens (tertiary/aromatic N) is 2. The van der Waals surface area contributed by atoms with Gasteiger partial charge in [-0.3, -0.25) is 14.2 Å². The van der Waals surface area contributed by atoms with Crippen molar-refractivity contribution in [3.63, 3.8) is 0 Å². The zero-order chi connectivity index (χ0) is 27.3. The van der Waals surface area contributed by atoms with Crippen LogP contribution in [-0.4, -0.2) is 35.3 Å². The number of benzene rings is 1. The van der Waals surface area contributed by atoms with Crippen molar-refractivity contribution in [1.82, 2.24) is 9.13 Å². The van der Waals surface area contributed by atoms with E-state index in [2.05, 4.69) is 10.1 Å². The van der Waals surface area contributed by atoms with Crippen molar-refractivity contribution < 1.29 is 23.5 Å². The minimum atomic E-state index is -0.605. The molecular formula is C24H24ClFIN3O6. The first-order valence-electron chi connectivity index (χ1n) is 10.3. The molecule has 192 valence electrons. The fraction of sp³-hybridized carbons (Fsp3) is 0.250. The van der Waals surface area contributed by atoms with Crippen molar-refractivity contribution in [1.29, 1.82) is 0 Å². The monoisotopic (exact) mass is 631 g/mol. The van der Waals surface area contributed by atoms with Crippen molar-refractivity contribution in [2.45, 2.75) is 13.8 Å². The first-order chi connectivity index (χ1) is 16.8. The number of anilines is 2. The van der Waals surface area contributed by atoms with Gasteiger partial charge in [-0.05, 0) is 66.8 Å². The predicted octanol–water partition coefficient (Wildman–Crippen LogP) is 4.10. The van der Waals surface area contributed by atoms with Crippen LogP contribution < -0.4 is 16.4 Å². The van der Waals surface area contributed by atoms with Gasteiger partial charge in [-0.25, -0.2) is 14.0 Å².